The van der Waals surface area contributed by atoms with Gasteiger partial charge >= 0.3 is 5.97 Å². The van der Waals surface area contributed by atoms with E-state index in [-0.39, 0.29) is 17.7 Å². The molecule has 102 valence electrons. The molecule has 1 aliphatic rings. The predicted octanol–water partition coefficient (Wildman–Crippen LogP) is 2.52. The quantitative estimate of drug-likeness (QED) is 0.906. The lowest BCUT2D eigenvalue weighted by molar-refractivity contribution is -0.145. The molecule has 1 saturated heterocycles. The summed E-state index contributed by atoms with van der Waals surface area (Å²) in [4.78, 5) is 25.1. The number of piperidine rings is 1. The van der Waals surface area contributed by atoms with E-state index in [1.807, 2.05) is 6.92 Å². The zero-order valence-electron chi connectivity index (χ0n) is 10.7. The number of hydrogen-bond donors (Lipinski definition) is 1. The molecule has 0 aliphatic carbocycles. The number of benzene rings is 1. The maximum atomic E-state index is 12.3. The van der Waals surface area contributed by atoms with Gasteiger partial charge in [-0.15, -0.1) is 0 Å². The molecule has 0 aromatic heterocycles. The highest BCUT2D eigenvalue weighted by Crippen LogP contribution is 2.26. The molecule has 2 atom stereocenters. The lowest BCUT2D eigenvalue weighted by Crippen LogP contribution is -2.45. The van der Waals surface area contributed by atoms with Gasteiger partial charge in [0.1, 0.15) is 0 Å². The summed E-state index contributed by atoms with van der Waals surface area (Å²) in [6, 6.07) is 6.92. The fourth-order valence-electron chi connectivity index (χ4n) is 2.50. The zero-order chi connectivity index (χ0) is 14.0. The molecule has 2 rings (SSSR count). The molecule has 0 saturated carbocycles. The number of nitrogens with zero attached hydrogens (tertiary/aromatic N) is 1. The van der Waals surface area contributed by atoms with Crippen LogP contribution in [0.3, 0.4) is 0 Å². The van der Waals surface area contributed by atoms with Crippen LogP contribution in [0, 0.1) is 11.8 Å². The number of carbonyl (C=O) groups is 2. The van der Waals surface area contributed by atoms with Crippen LogP contribution in [0.1, 0.15) is 23.7 Å². The van der Waals surface area contributed by atoms with Crippen LogP contribution in [-0.4, -0.2) is 35.0 Å². The second-order valence-corrected chi connectivity index (χ2v) is 5.35. The Morgan fingerprint density at radius 3 is 2.63 bits per heavy atom. The fourth-order valence-corrected chi connectivity index (χ4v) is 2.72. The number of aliphatic carboxylic acids is 1. The van der Waals surface area contributed by atoms with Gasteiger partial charge in [0.15, 0.2) is 0 Å². The minimum atomic E-state index is -0.780. The highest BCUT2D eigenvalue weighted by Gasteiger charge is 2.33. The van der Waals surface area contributed by atoms with Gasteiger partial charge in [-0.25, -0.2) is 0 Å². The number of likely N-dealkylation sites (tertiary alicyclic amines) is 1. The number of amides is 1. The molecule has 0 bridgehead atoms. The van der Waals surface area contributed by atoms with E-state index >= 15 is 0 Å². The van der Waals surface area contributed by atoms with Crippen LogP contribution in [0.15, 0.2) is 24.3 Å². The lowest BCUT2D eigenvalue weighted by Gasteiger charge is -2.35. The summed E-state index contributed by atoms with van der Waals surface area (Å²) in [5, 5.41) is 9.50. The topological polar surface area (TPSA) is 57.6 Å². The summed E-state index contributed by atoms with van der Waals surface area (Å²) in [5.41, 5.74) is 0.477. The molecule has 1 N–H and O–H groups in total. The van der Waals surface area contributed by atoms with Crippen molar-refractivity contribution in [1.82, 2.24) is 4.90 Å². The van der Waals surface area contributed by atoms with E-state index in [9.17, 15) is 9.59 Å². The summed E-state index contributed by atoms with van der Waals surface area (Å²) in [6.45, 7) is 2.79. The number of carboxylic acids is 1. The molecule has 1 aromatic carbocycles. The lowest BCUT2D eigenvalue weighted by atomic mass is 9.87. The molecule has 1 fully saturated rings. The van der Waals surface area contributed by atoms with Gasteiger partial charge in [0.25, 0.3) is 5.91 Å². The third kappa shape index (κ3) is 2.89. The maximum Gasteiger partial charge on any atom is 0.306 e. The average molecular weight is 282 g/mol. The van der Waals surface area contributed by atoms with Gasteiger partial charge in [0.2, 0.25) is 0 Å². The highest BCUT2D eigenvalue weighted by atomic mass is 35.5. The molecule has 4 nitrogen and oxygen atoms in total. The Hall–Kier alpha value is -1.55. The van der Waals surface area contributed by atoms with Crippen molar-refractivity contribution in [2.45, 2.75) is 13.3 Å². The SMILES string of the molecule is C[C@@H]1CN(C(=O)c2ccccc2Cl)CC[C@@H]1C(=O)O. The Kier molecular flexibility index (Phi) is 4.10. The third-order valence-electron chi connectivity index (χ3n) is 3.61. The average Bonchev–Trinajstić information content (AvgIpc) is 2.38. The van der Waals surface area contributed by atoms with Crippen molar-refractivity contribution in [3.63, 3.8) is 0 Å². The summed E-state index contributed by atoms with van der Waals surface area (Å²) in [7, 11) is 0. The van der Waals surface area contributed by atoms with Crippen LogP contribution < -0.4 is 0 Å². The highest BCUT2D eigenvalue weighted by molar-refractivity contribution is 6.33. The summed E-state index contributed by atoms with van der Waals surface area (Å²) < 4.78 is 0. The van der Waals surface area contributed by atoms with Crippen LogP contribution in [-0.2, 0) is 4.79 Å². The molecule has 0 spiro atoms. The Morgan fingerprint density at radius 1 is 1.37 bits per heavy atom. The van der Waals surface area contributed by atoms with E-state index in [2.05, 4.69) is 0 Å². The maximum absolute atomic E-state index is 12.3. The Bertz CT molecular complexity index is 503. The van der Waals surface area contributed by atoms with Gasteiger partial charge in [-0.1, -0.05) is 30.7 Å². The van der Waals surface area contributed by atoms with Crippen molar-refractivity contribution >= 4 is 23.5 Å². The van der Waals surface area contributed by atoms with E-state index in [1.54, 1.807) is 29.2 Å². The molecule has 0 unspecified atom stereocenters. The Balaban J connectivity index is 2.11. The fraction of sp³-hybridized carbons (Fsp3) is 0.429. The number of halogens is 1. The molecule has 1 heterocycles. The van der Waals surface area contributed by atoms with E-state index in [0.29, 0.717) is 30.1 Å². The third-order valence-corrected chi connectivity index (χ3v) is 3.94. The largest absolute Gasteiger partial charge is 0.481 e. The van der Waals surface area contributed by atoms with Gasteiger partial charge in [-0.2, -0.15) is 0 Å². The number of hydrogen-bond acceptors (Lipinski definition) is 2. The summed E-state index contributed by atoms with van der Waals surface area (Å²) in [6.07, 6.45) is 0.493. The second-order valence-electron chi connectivity index (χ2n) is 4.94. The van der Waals surface area contributed by atoms with Crippen LogP contribution in [0.5, 0.6) is 0 Å². The summed E-state index contributed by atoms with van der Waals surface area (Å²) >= 11 is 6.01. The normalized spacial score (nSPS) is 23.2. The number of rotatable bonds is 2. The monoisotopic (exact) mass is 281 g/mol. The molecule has 19 heavy (non-hydrogen) atoms. The zero-order valence-corrected chi connectivity index (χ0v) is 11.4. The van der Waals surface area contributed by atoms with Crippen LogP contribution in [0.2, 0.25) is 5.02 Å². The molecule has 1 amide bonds. The van der Waals surface area contributed by atoms with Gasteiger partial charge in [-0.3, -0.25) is 9.59 Å². The van der Waals surface area contributed by atoms with Crippen LogP contribution >= 0.6 is 11.6 Å². The minimum absolute atomic E-state index is 0.0438. The van der Waals surface area contributed by atoms with E-state index in [1.165, 1.54) is 0 Å². The smallest absolute Gasteiger partial charge is 0.306 e. The van der Waals surface area contributed by atoms with Gasteiger partial charge in [0, 0.05) is 13.1 Å². The second kappa shape index (κ2) is 5.61. The minimum Gasteiger partial charge on any atom is -0.481 e. The molecule has 5 heteroatoms. The Labute approximate surface area is 117 Å². The molecule has 1 aliphatic heterocycles. The van der Waals surface area contributed by atoms with Crippen molar-refractivity contribution in [3.05, 3.63) is 34.9 Å². The molecule has 1 aromatic rings. The first-order valence-electron chi connectivity index (χ1n) is 6.27. The molecular weight excluding hydrogens is 266 g/mol. The van der Waals surface area contributed by atoms with Crippen molar-refractivity contribution in [3.8, 4) is 0 Å². The van der Waals surface area contributed by atoms with Crippen molar-refractivity contribution in [1.29, 1.82) is 0 Å². The van der Waals surface area contributed by atoms with E-state index in [4.69, 9.17) is 16.7 Å². The molecular formula is C14H16ClNO3. The predicted molar refractivity (Wildman–Crippen MR) is 72.3 cm³/mol. The molecule has 0 radical (unpaired) electrons. The van der Waals surface area contributed by atoms with Gasteiger partial charge in [-0.05, 0) is 24.5 Å². The van der Waals surface area contributed by atoms with Crippen LogP contribution in [0.4, 0.5) is 0 Å². The first kappa shape index (κ1) is 13.9. The van der Waals surface area contributed by atoms with Crippen molar-refractivity contribution in [2.24, 2.45) is 11.8 Å². The number of carboxylic acid groups (broad SMARTS) is 1. The van der Waals surface area contributed by atoms with Gasteiger partial charge in [0.05, 0.1) is 16.5 Å². The van der Waals surface area contributed by atoms with Gasteiger partial charge < -0.3 is 10.0 Å². The Morgan fingerprint density at radius 2 is 2.05 bits per heavy atom. The first-order chi connectivity index (χ1) is 9.00. The number of carbonyl (C=O) groups excluding carboxylic acids is 1. The van der Waals surface area contributed by atoms with Crippen LogP contribution in [0.25, 0.3) is 0 Å². The van der Waals surface area contributed by atoms with E-state index < -0.39 is 5.97 Å². The first-order valence-corrected chi connectivity index (χ1v) is 6.65. The van der Waals surface area contributed by atoms with Crippen molar-refractivity contribution < 1.29 is 14.7 Å². The standard InChI is InChI=1S/C14H16ClNO3/c1-9-8-16(7-6-10(9)14(18)19)13(17)11-4-2-3-5-12(11)15/h2-5,9-10H,6-8H2,1H3,(H,18,19)/t9-,10+/m1/s1. The van der Waals surface area contributed by atoms with E-state index in [0.717, 1.165) is 0 Å². The summed E-state index contributed by atoms with van der Waals surface area (Å²) in [5.74, 6) is -1.31. The van der Waals surface area contributed by atoms with Crippen molar-refractivity contribution in [2.75, 3.05) is 13.1 Å².